The molecule has 0 saturated carbocycles. The van der Waals surface area contributed by atoms with Crippen LogP contribution in [-0.4, -0.2) is 28.5 Å². The van der Waals surface area contributed by atoms with E-state index in [0.717, 1.165) is 43.1 Å². The second-order valence-electron chi connectivity index (χ2n) is 5.36. The highest BCUT2D eigenvalue weighted by Gasteiger charge is 2.27. The van der Waals surface area contributed by atoms with Crippen LogP contribution in [0.2, 0.25) is 0 Å². The van der Waals surface area contributed by atoms with E-state index in [2.05, 4.69) is 23.1 Å². The Balaban J connectivity index is 1.82. The Morgan fingerprint density at radius 3 is 3.14 bits per heavy atom. The molecule has 2 heterocycles. The molecule has 1 aromatic carbocycles. The van der Waals surface area contributed by atoms with Crippen molar-refractivity contribution < 1.29 is 9.47 Å². The molecule has 0 unspecified atom stereocenters. The van der Waals surface area contributed by atoms with Crippen molar-refractivity contribution in [2.75, 3.05) is 13.7 Å². The number of unbranched alkanes of at least 4 members (excludes halogenated alkanes) is 1. The summed E-state index contributed by atoms with van der Waals surface area (Å²) in [5, 5.41) is 4.34. The number of methoxy groups -OCH3 is 1. The van der Waals surface area contributed by atoms with Gasteiger partial charge in [-0.15, -0.1) is 0 Å². The van der Waals surface area contributed by atoms with Gasteiger partial charge < -0.3 is 9.47 Å². The van der Waals surface area contributed by atoms with E-state index in [0.29, 0.717) is 6.61 Å². The molecular weight excluding hydrogens is 266 g/mol. The number of para-hydroxylation sites is 1. The molecule has 1 aliphatic heterocycles. The molecular formula is C16H21N3O2. The van der Waals surface area contributed by atoms with Crippen LogP contribution in [0, 0.1) is 0 Å². The van der Waals surface area contributed by atoms with Crippen molar-refractivity contribution in [1.29, 1.82) is 0 Å². The summed E-state index contributed by atoms with van der Waals surface area (Å²) in [6, 6.07) is 6.03. The number of rotatable bonds is 5. The van der Waals surface area contributed by atoms with Crippen LogP contribution in [-0.2, 0) is 13.0 Å². The minimum atomic E-state index is 0.254. The van der Waals surface area contributed by atoms with Crippen molar-refractivity contribution in [2.24, 2.45) is 0 Å². The van der Waals surface area contributed by atoms with Crippen LogP contribution >= 0.6 is 0 Å². The number of aryl methyl sites for hydroxylation is 1. The number of hydrogen-bond donors (Lipinski definition) is 0. The average Bonchev–Trinajstić information content (AvgIpc) is 3.00. The first-order chi connectivity index (χ1) is 10.3. The minimum absolute atomic E-state index is 0.254. The highest BCUT2D eigenvalue weighted by atomic mass is 16.5. The van der Waals surface area contributed by atoms with Gasteiger partial charge in [0, 0.05) is 6.54 Å². The molecule has 5 heteroatoms. The molecule has 0 aliphatic carbocycles. The van der Waals surface area contributed by atoms with Gasteiger partial charge >= 0.3 is 0 Å². The molecule has 112 valence electrons. The summed E-state index contributed by atoms with van der Waals surface area (Å²) in [4.78, 5) is 4.45. The zero-order valence-electron chi connectivity index (χ0n) is 12.6. The Labute approximate surface area is 124 Å². The van der Waals surface area contributed by atoms with E-state index in [4.69, 9.17) is 9.47 Å². The Hall–Kier alpha value is -2.04. The average molecular weight is 287 g/mol. The monoisotopic (exact) mass is 287 g/mol. The number of ether oxygens (including phenoxy) is 2. The number of benzene rings is 1. The molecule has 21 heavy (non-hydrogen) atoms. The Morgan fingerprint density at radius 1 is 1.43 bits per heavy atom. The second kappa shape index (κ2) is 6.16. The fraction of sp³-hybridized carbons (Fsp3) is 0.500. The molecule has 3 rings (SSSR count). The van der Waals surface area contributed by atoms with E-state index in [1.54, 1.807) is 13.4 Å². The summed E-state index contributed by atoms with van der Waals surface area (Å²) in [7, 11) is 1.67. The van der Waals surface area contributed by atoms with Gasteiger partial charge in [-0.2, -0.15) is 5.10 Å². The van der Waals surface area contributed by atoms with Crippen molar-refractivity contribution >= 4 is 0 Å². The van der Waals surface area contributed by atoms with Crippen molar-refractivity contribution in [3.05, 3.63) is 35.9 Å². The molecule has 5 nitrogen and oxygen atoms in total. The molecule has 1 aromatic heterocycles. The van der Waals surface area contributed by atoms with Crippen molar-refractivity contribution in [1.82, 2.24) is 14.8 Å². The first kappa shape index (κ1) is 13.9. The SMILES string of the molecule is CCCCn1ncnc1[C@H]1COc2c(cccc2OC)C1. The first-order valence-corrected chi connectivity index (χ1v) is 7.49. The lowest BCUT2D eigenvalue weighted by molar-refractivity contribution is 0.239. The van der Waals surface area contributed by atoms with Crippen LogP contribution in [0.5, 0.6) is 11.5 Å². The predicted octanol–water partition coefficient (Wildman–Crippen LogP) is 2.81. The van der Waals surface area contributed by atoms with E-state index in [1.807, 2.05) is 16.8 Å². The molecule has 0 fully saturated rings. The topological polar surface area (TPSA) is 49.2 Å². The summed E-state index contributed by atoms with van der Waals surface area (Å²) in [5.41, 5.74) is 1.18. The fourth-order valence-corrected chi connectivity index (χ4v) is 2.79. The van der Waals surface area contributed by atoms with E-state index < -0.39 is 0 Å². The predicted molar refractivity (Wildman–Crippen MR) is 79.9 cm³/mol. The lowest BCUT2D eigenvalue weighted by Crippen LogP contribution is -2.23. The standard InChI is InChI=1S/C16H21N3O2/c1-3-4-8-19-16(17-11-18-19)13-9-12-6-5-7-14(20-2)15(12)21-10-13/h5-7,11,13H,3-4,8-10H2,1-2H3/t13-/m1/s1. The normalized spacial score (nSPS) is 17.1. The third kappa shape index (κ3) is 2.73. The van der Waals surface area contributed by atoms with E-state index in [9.17, 15) is 0 Å². The summed E-state index contributed by atoms with van der Waals surface area (Å²) in [6.07, 6.45) is 4.83. The zero-order valence-corrected chi connectivity index (χ0v) is 12.6. The highest BCUT2D eigenvalue weighted by Crippen LogP contribution is 2.38. The van der Waals surface area contributed by atoms with Crippen LogP contribution in [0.25, 0.3) is 0 Å². The van der Waals surface area contributed by atoms with Crippen LogP contribution in [0.1, 0.15) is 37.1 Å². The lowest BCUT2D eigenvalue weighted by atomic mass is 9.95. The maximum absolute atomic E-state index is 5.94. The molecule has 0 spiro atoms. The Kier molecular flexibility index (Phi) is 4.08. The Bertz CT molecular complexity index is 609. The van der Waals surface area contributed by atoms with Gasteiger partial charge in [-0.05, 0) is 24.5 Å². The fourth-order valence-electron chi connectivity index (χ4n) is 2.79. The van der Waals surface area contributed by atoms with Gasteiger partial charge in [0.15, 0.2) is 11.5 Å². The van der Waals surface area contributed by atoms with Crippen molar-refractivity contribution in [3.63, 3.8) is 0 Å². The number of fused-ring (bicyclic) bond motifs is 1. The van der Waals surface area contributed by atoms with Gasteiger partial charge in [0.1, 0.15) is 12.2 Å². The maximum atomic E-state index is 5.94. The first-order valence-electron chi connectivity index (χ1n) is 7.49. The zero-order chi connectivity index (χ0) is 14.7. The molecule has 1 aliphatic rings. The summed E-state index contributed by atoms with van der Waals surface area (Å²) in [5.74, 6) is 2.95. The van der Waals surface area contributed by atoms with Gasteiger partial charge in [-0.25, -0.2) is 9.67 Å². The van der Waals surface area contributed by atoms with Crippen LogP contribution in [0.15, 0.2) is 24.5 Å². The molecule has 0 radical (unpaired) electrons. The van der Waals surface area contributed by atoms with Crippen molar-refractivity contribution in [3.8, 4) is 11.5 Å². The van der Waals surface area contributed by atoms with Gasteiger partial charge in [-0.3, -0.25) is 0 Å². The summed E-state index contributed by atoms with van der Waals surface area (Å²) in [6.45, 7) is 3.73. The molecule has 1 atom stereocenters. The largest absolute Gasteiger partial charge is 0.493 e. The Morgan fingerprint density at radius 2 is 2.33 bits per heavy atom. The van der Waals surface area contributed by atoms with Crippen LogP contribution in [0.4, 0.5) is 0 Å². The maximum Gasteiger partial charge on any atom is 0.164 e. The van der Waals surface area contributed by atoms with Gasteiger partial charge in [-0.1, -0.05) is 25.5 Å². The van der Waals surface area contributed by atoms with Gasteiger partial charge in [0.25, 0.3) is 0 Å². The van der Waals surface area contributed by atoms with Gasteiger partial charge in [0.2, 0.25) is 0 Å². The highest BCUT2D eigenvalue weighted by molar-refractivity contribution is 5.48. The lowest BCUT2D eigenvalue weighted by Gasteiger charge is -2.26. The number of aromatic nitrogens is 3. The van der Waals surface area contributed by atoms with E-state index in [1.165, 1.54) is 5.56 Å². The summed E-state index contributed by atoms with van der Waals surface area (Å²) >= 11 is 0. The molecule has 0 bridgehead atoms. The quantitative estimate of drug-likeness (QED) is 0.848. The third-order valence-corrected chi connectivity index (χ3v) is 3.91. The van der Waals surface area contributed by atoms with Crippen molar-refractivity contribution in [2.45, 2.75) is 38.6 Å². The van der Waals surface area contributed by atoms with E-state index in [-0.39, 0.29) is 5.92 Å². The molecule has 0 amide bonds. The van der Waals surface area contributed by atoms with Crippen LogP contribution in [0.3, 0.4) is 0 Å². The summed E-state index contributed by atoms with van der Waals surface area (Å²) < 4.78 is 13.3. The van der Waals surface area contributed by atoms with E-state index >= 15 is 0 Å². The smallest absolute Gasteiger partial charge is 0.164 e. The molecule has 2 aromatic rings. The molecule has 0 N–H and O–H groups in total. The van der Waals surface area contributed by atoms with Crippen LogP contribution < -0.4 is 9.47 Å². The molecule has 0 saturated heterocycles. The third-order valence-electron chi connectivity index (χ3n) is 3.91. The number of hydrogen-bond acceptors (Lipinski definition) is 4. The number of nitrogens with zero attached hydrogens (tertiary/aromatic N) is 3. The van der Waals surface area contributed by atoms with Gasteiger partial charge in [0.05, 0.1) is 19.6 Å². The minimum Gasteiger partial charge on any atom is -0.493 e. The second-order valence-corrected chi connectivity index (χ2v) is 5.36.